The van der Waals surface area contributed by atoms with Crippen LogP contribution in [0.15, 0.2) is 54.7 Å². The summed E-state index contributed by atoms with van der Waals surface area (Å²) in [5.74, 6) is 0.0708. The zero-order valence-electron chi connectivity index (χ0n) is 14.7. The molecule has 0 saturated carbocycles. The molecule has 0 radical (unpaired) electrons. The molecule has 140 valence electrons. The van der Waals surface area contributed by atoms with Gasteiger partial charge in [0.25, 0.3) is 0 Å². The Morgan fingerprint density at radius 2 is 1.33 bits per heavy atom. The average molecular weight is 368 g/mol. The van der Waals surface area contributed by atoms with Gasteiger partial charge in [0.2, 0.25) is 5.95 Å². The topological polar surface area (TPSA) is 95.5 Å². The summed E-state index contributed by atoms with van der Waals surface area (Å²) in [6, 6.07) is 13.8. The van der Waals surface area contributed by atoms with E-state index in [9.17, 15) is 14.6 Å². The Morgan fingerprint density at radius 1 is 0.852 bits per heavy atom. The van der Waals surface area contributed by atoms with Crippen molar-refractivity contribution in [3.63, 3.8) is 0 Å². The van der Waals surface area contributed by atoms with E-state index < -0.39 is 5.82 Å². The molecule has 1 heterocycles. The standard InChI is InChI=1S/C20H21FN4O2/c21-18-13-23-20(22)24-19(18)25(11-9-14-1-5-16(26)6-2-14)12-10-15-3-7-17(27)8-4-15/h1-8,13,26-27H,9-12H2,(H2,22,23,24). The molecule has 7 heteroatoms. The van der Waals surface area contributed by atoms with E-state index in [1.807, 2.05) is 29.2 Å². The van der Waals surface area contributed by atoms with E-state index in [0.717, 1.165) is 17.3 Å². The first kappa shape index (κ1) is 18.4. The van der Waals surface area contributed by atoms with Crippen LogP contribution in [-0.4, -0.2) is 33.3 Å². The van der Waals surface area contributed by atoms with Gasteiger partial charge in [0.05, 0.1) is 6.20 Å². The summed E-state index contributed by atoms with van der Waals surface area (Å²) in [6.07, 6.45) is 2.38. The van der Waals surface area contributed by atoms with E-state index in [1.165, 1.54) is 0 Å². The van der Waals surface area contributed by atoms with Crippen molar-refractivity contribution in [2.75, 3.05) is 23.7 Å². The number of rotatable bonds is 7. The minimum Gasteiger partial charge on any atom is -0.508 e. The summed E-state index contributed by atoms with van der Waals surface area (Å²) in [6.45, 7) is 1.05. The fraction of sp³-hybridized carbons (Fsp3) is 0.200. The van der Waals surface area contributed by atoms with Crippen molar-refractivity contribution in [2.24, 2.45) is 0 Å². The lowest BCUT2D eigenvalue weighted by atomic mass is 10.1. The van der Waals surface area contributed by atoms with Crippen LogP contribution < -0.4 is 10.6 Å². The molecule has 0 spiro atoms. The van der Waals surface area contributed by atoms with Crippen molar-refractivity contribution >= 4 is 11.8 Å². The van der Waals surface area contributed by atoms with E-state index >= 15 is 0 Å². The normalized spacial score (nSPS) is 10.7. The summed E-state index contributed by atoms with van der Waals surface area (Å²) in [5, 5.41) is 18.8. The highest BCUT2D eigenvalue weighted by atomic mass is 19.1. The summed E-state index contributed by atoms with van der Waals surface area (Å²) in [4.78, 5) is 9.58. The van der Waals surface area contributed by atoms with Gasteiger partial charge < -0.3 is 20.8 Å². The molecule has 3 aromatic rings. The number of halogens is 1. The molecule has 0 saturated heterocycles. The Bertz CT molecular complexity index is 836. The van der Waals surface area contributed by atoms with E-state index in [0.29, 0.717) is 25.9 Å². The maximum Gasteiger partial charge on any atom is 0.222 e. The Kier molecular flexibility index (Phi) is 5.71. The predicted molar refractivity (Wildman–Crippen MR) is 102 cm³/mol. The highest BCUT2D eigenvalue weighted by molar-refractivity contribution is 5.43. The van der Waals surface area contributed by atoms with Gasteiger partial charge >= 0.3 is 0 Å². The lowest BCUT2D eigenvalue weighted by Gasteiger charge is -2.24. The van der Waals surface area contributed by atoms with Gasteiger partial charge in [-0.15, -0.1) is 0 Å². The molecule has 0 unspecified atom stereocenters. The van der Waals surface area contributed by atoms with Crippen LogP contribution in [0.1, 0.15) is 11.1 Å². The van der Waals surface area contributed by atoms with Crippen molar-refractivity contribution in [2.45, 2.75) is 12.8 Å². The lowest BCUT2D eigenvalue weighted by Crippen LogP contribution is -2.30. The highest BCUT2D eigenvalue weighted by Crippen LogP contribution is 2.19. The van der Waals surface area contributed by atoms with Crippen LogP contribution in [0.5, 0.6) is 11.5 Å². The number of nitrogens with zero attached hydrogens (tertiary/aromatic N) is 3. The van der Waals surface area contributed by atoms with Crippen molar-refractivity contribution in [3.8, 4) is 11.5 Å². The fourth-order valence-electron chi connectivity index (χ4n) is 2.77. The Balaban J connectivity index is 1.76. The van der Waals surface area contributed by atoms with E-state index in [4.69, 9.17) is 5.73 Å². The molecule has 0 aliphatic carbocycles. The monoisotopic (exact) mass is 368 g/mol. The number of nitrogens with two attached hydrogens (primary N) is 1. The van der Waals surface area contributed by atoms with Crippen LogP contribution in [-0.2, 0) is 12.8 Å². The smallest absolute Gasteiger partial charge is 0.222 e. The molecule has 0 amide bonds. The zero-order valence-corrected chi connectivity index (χ0v) is 14.7. The van der Waals surface area contributed by atoms with Gasteiger partial charge in [0, 0.05) is 13.1 Å². The molecule has 2 aromatic carbocycles. The van der Waals surface area contributed by atoms with Crippen LogP contribution in [0.3, 0.4) is 0 Å². The van der Waals surface area contributed by atoms with E-state index in [-0.39, 0.29) is 23.3 Å². The minimum absolute atomic E-state index is 0.0191. The van der Waals surface area contributed by atoms with Gasteiger partial charge in [-0.25, -0.2) is 9.37 Å². The number of nitrogen functional groups attached to an aromatic ring is 1. The number of aromatic hydroxyl groups is 2. The van der Waals surface area contributed by atoms with Crippen molar-refractivity contribution in [1.29, 1.82) is 0 Å². The zero-order chi connectivity index (χ0) is 19.2. The third-order valence-corrected chi connectivity index (χ3v) is 4.26. The Morgan fingerprint density at radius 3 is 1.81 bits per heavy atom. The average Bonchev–Trinajstić information content (AvgIpc) is 2.67. The highest BCUT2D eigenvalue weighted by Gasteiger charge is 2.15. The van der Waals surface area contributed by atoms with Gasteiger partial charge in [-0.2, -0.15) is 4.98 Å². The summed E-state index contributed by atoms with van der Waals surface area (Å²) in [5.41, 5.74) is 7.68. The molecule has 0 atom stereocenters. The molecule has 6 nitrogen and oxygen atoms in total. The van der Waals surface area contributed by atoms with E-state index in [1.54, 1.807) is 24.3 Å². The number of phenolic OH excluding ortho intramolecular Hbond substituents is 2. The maximum atomic E-state index is 14.3. The summed E-state index contributed by atoms with van der Waals surface area (Å²) in [7, 11) is 0. The summed E-state index contributed by atoms with van der Waals surface area (Å²) >= 11 is 0. The first-order valence-electron chi connectivity index (χ1n) is 8.60. The second-order valence-corrected chi connectivity index (χ2v) is 6.22. The van der Waals surface area contributed by atoms with Crippen LogP contribution in [0.2, 0.25) is 0 Å². The predicted octanol–water partition coefficient (Wildman–Crippen LogP) is 2.90. The quantitative estimate of drug-likeness (QED) is 0.593. The molecule has 0 fully saturated rings. The third-order valence-electron chi connectivity index (χ3n) is 4.26. The molecule has 3 rings (SSSR count). The fourth-order valence-corrected chi connectivity index (χ4v) is 2.77. The number of hydrogen-bond acceptors (Lipinski definition) is 6. The van der Waals surface area contributed by atoms with Crippen LogP contribution >= 0.6 is 0 Å². The van der Waals surface area contributed by atoms with Crippen molar-refractivity contribution < 1.29 is 14.6 Å². The maximum absolute atomic E-state index is 14.3. The molecule has 0 bridgehead atoms. The van der Waals surface area contributed by atoms with Gasteiger partial charge in [0.15, 0.2) is 11.6 Å². The van der Waals surface area contributed by atoms with Gasteiger partial charge in [-0.1, -0.05) is 24.3 Å². The van der Waals surface area contributed by atoms with Gasteiger partial charge in [0.1, 0.15) is 11.5 Å². The minimum atomic E-state index is -0.527. The van der Waals surface area contributed by atoms with Crippen molar-refractivity contribution in [1.82, 2.24) is 9.97 Å². The lowest BCUT2D eigenvalue weighted by molar-refractivity contribution is 0.474. The summed E-state index contributed by atoms with van der Waals surface area (Å²) < 4.78 is 14.3. The number of aromatic nitrogens is 2. The number of hydrogen-bond donors (Lipinski definition) is 3. The van der Waals surface area contributed by atoms with Crippen LogP contribution in [0.25, 0.3) is 0 Å². The molecule has 4 N–H and O–H groups in total. The Labute approximate surface area is 156 Å². The third kappa shape index (κ3) is 5.07. The van der Waals surface area contributed by atoms with Gasteiger partial charge in [-0.05, 0) is 48.2 Å². The van der Waals surface area contributed by atoms with Gasteiger partial charge in [-0.3, -0.25) is 0 Å². The number of phenols is 2. The number of benzene rings is 2. The second-order valence-electron chi connectivity index (χ2n) is 6.22. The second kappa shape index (κ2) is 8.35. The van der Waals surface area contributed by atoms with Crippen molar-refractivity contribution in [3.05, 3.63) is 71.7 Å². The largest absolute Gasteiger partial charge is 0.508 e. The van der Waals surface area contributed by atoms with Crippen LogP contribution in [0, 0.1) is 5.82 Å². The molecular weight excluding hydrogens is 347 g/mol. The van der Waals surface area contributed by atoms with Crippen LogP contribution in [0.4, 0.5) is 16.2 Å². The molecule has 0 aliphatic heterocycles. The Hall–Kier alpha value is -3.35. The molecular formula is C20H21FN4O2. The van der Waals surface area contributed by atoms with E-state index in [2.05, 4.69) is 9.97 Å². The first-order valence-corrected chi connectivity index (χ1v) is 8.60. The molecule has 1 aromatic heterocycles. The molecule has 0 aliphatic rings. The number of anilines is 2. The SMILES string of the molecule is Nc1ncc(F)c(N(CCc2ccc(O)cc2)CCc2ccc(O)cc2)n1. The molecule has 27 heavy (non-hydrogen) atoms. The first-order chi connectivity index (χ1) is 13.0.